The Kier molecular flexibility index (Phi) is 4.06. The van der Waals surface area contributed by atoms with E-state index in [4.69, 9.17) is 0 Å². The van der Waals surface area contributed by atoms with E-state index in [1.165, 1.54) is 0 Å². The average molecular weight is 441 g/mol. The molecule has 4 rings (SSSR count). The summed E-state index contributed by atoms with van der Waals surface area (Å²) in [6.07, 6.45) is 1.92. The van der Waals surface area contributed by atoms with Crippen LogP contribution in [0, 0.1) is 11.8 Å². The van der Waals surface area contributed by atoms with Gasteiger partial charge in [0.15, 0.2) is 0 Å². The van der Waals surface area contributed by atoms with E-state index in [0.29, 0.717) is 6.07 Å². The highest BCUT2D eigenvalue weighted by molar-refractivity contribution is 8.45. The van der Waals surface area contributed by atoms with E-state index in [-0.39, 0.29) is 61.5 Å². The van der Waals surface area contributed by atoms with Gasteiger partial charge in [-0.15, -0.1) is 12.4 Å². The van der Waals surface area contributed by atoms with Gasteiger partial charge in [0.05, 0.1) is 4.90 Å². The molecule has 3 saturated heterocycles. The molecule has 0 aromatic heterocycles. The summed E-state index contributed by atoms with van der Waals surface area (Å²) in [6, 6.07) is 2.37. The number of hydrogen-bond donors (Lipinski definition) is 1. The van der Waals surface area contributed by atoms with Gasteiger partial charge in [-0.2, -0.15) is 4.31 Å². The maximum atomic E-state index is 13.0. The number of rotatable bonds is 3. The third-order valence-corrected chi connectivity index (χ3v) is 8.49. The molecule has 0 saturated carbocycles. The molecular weight excluding hydrogens is 423 g/mol. The third kappa shape index (κ3) is 3.21. The number of fused-ring (bicyclic) bond motifs is 5. The van der Waals surface area contributed by atoms with E-state index >= 15 is 0 Å². The van der Waals surface area contributed by atoms with Crippen LogP contribution in [0.2, 0.25) is 0 Å². The fourth-order valence-corrected chi connectivity index (χ4v) is 6.68. The standard InChI is InChI=1S/C14H17F5N2O2S2.ClH/c15-25(16,17,18,19)10-3-1-2-9(6-10)24(22,23)21-7-11-12(8-21)14-5-4-13(11)20-14;/h1-3,6,11-14,20H,4-5,7-8H2;1H/t11-,12+,13-,14+;. The highest BCUT2D eigenvalue weighted by Gasteiger charge is 2.65. The molecule has 3 heterocycles. The van der Waals surface area contributed by atoms with Crippen molar-refractivity contribution in [2.45, 2.75) is 34.7 Å². The second-order valence-corrected chi connectivity index (χ2v) is 11.4. The smallest absolute Gasteiger partial charge is 0.310 e. The minimum atomic E-state index is -9.92. The molecule has 4 atom stereocenters. The van der Waals surface area contributed by atoms with E-state index < -0.39 is 30.0 Å². The molecule has 0 unspecified atom stereocenters. The molecule has 3 fully saturated rings. The summed E-state index contributed by atoms with van der Waals surface area (Å²) in [5.74, 6) is 0.264. The Balaban J connectivity index is 0.00000196. The monoisotopic (exact) mass is 440 g/mol. The molecule has 26 heavy (non-hydrogen) atoms. The maximum Gasteiger partial charge on any atom is 0.310 e. The van der Waals surface area contributed by atoms with Gasteiger partial charge in [0.1, 0.15) is 4.90 Å². The van der Waals surface area contributed by atoms with Crippen molar-refractivity contribution < 1.29 is 27.8 Å². The van der Waals surface area contributed by atoms with Gasteiger partial charge < -0.3 is 5.32 Å². The molecule has 4 nitrogen and oxygen atoms in total. The fourth-order valence-electron chi connectivity index (χ4n) is 4.36. The van der Waals surface area contributed by atoms with Crippen molar-refractivity contribution in [2.75, 3.05) is 13.1 Å². The molecular formula is C14H18ClF5N2O2S2. The van der Waals surface area contributed by atoms with Crippen LogP contribution >= 0.6 is 22.6 Å². The van der Waals surface area contributed by atoms with Gasteiger partial charge in [-0.1, -0.05) is 25.5 Å². The van der Waals surface area contributed by atoms with Gasteiger partial charge in [0.25, 0.3) is 0 Å². The predicted octanol–water partition coefficient (Wildman–Crippen LogP) is 4.14. The summed E-state index contributed by atoms with van der Waals surface area (Å²) < 4.78 is 91.4. The number of nitrogens with one attached hydrogen (secondary N) is 1. The first-order chi connectivity index (χ1) is 11.3. The Hall–Kier alpha value is -0.620. The van der Waals surface area contributed by atoms with Gasteiger partial charge in [-0.25, -0.2) is 8.42 Å². The van der Waals surface area contributed by atoms with E-state index in [1.54, 1.807) is 0 Å². The quantitative estimate of drug-likeness (QED) is 0.719. The van der Waals surface area contributed by atoms with Crippen LogP contribution in [0.4, 0.5) is 19.4 Å². The molecule has 3 aliphatic rings. The van der Waals surface area contributed by atoms with Crippen LogP contribution in [0.1, 0.15) is 12.8 Å². The molecule has 1 N–H and O–H groups in total. The van der Waals surface area contributed by atoms with Crippen molar-refractivity contribution in [3.05, 3.63) is 24.3 Å². The molecule has 2 bridgehead atoms. The number of hydrogen-bond acceptors (Lipinski definition) is 3. The average Bonchev–Trinajstić information content (AvgIpc) is 3.17. The normalized spacial score (nSPS) is 34.0. The van der Waals surface area contributed by atoms with Gasteiger partial charge in [0, 0.05) is 25.2 Å². The van der Waals surface area contributed by atoms with Crippen LogP contribution in [0.15, 0.2) is 34.1 Å². The van der Waals surface area contributed by atoms with Crippen molar-refractivity contribution in [3.8, 4) is 0 Å². The lowest BCUT2D eigenvalue weighted by atomic mass is 9.82. The SMILES string of the molecule is Cl.O=S(=O)(c1cccc(S(F)(F)(F)(F)F)c1)N1C[C@@H]2[C@H](C1)[C@@H]1CC[C@H]2N1. The second kappa shape index (κ2) is 5.25. The zero-order valence-corrected chi connectivity index (χ0v) is 15.8. The highest BCUT2D eigenvalue weighted by Crippen LogP contribution is 3.02. The first-order valence-electron chi connectivity index (χ1n) is 7.86. The lowest BCUT2D eigenvalue weighted by Gasteiger charge is -2.40. The van der Waals surface area contributed by atoms with Crippen LogP contribution in [-0.2, 0) is 10.0 Å². The Labute approximate surface area is 154 Å². The van der Waals surface area contributed by atoms with Gasteiger partial charge in [-0.05, 0) is 42.9 Å². The van der Waals surface area contributed by atoms with Crippen molar-refractivity contribution in [2.24, 2.45) is 11.8 Å². The van der Waals surface area contributed by atoms with E-state index in [9.17, 15) is 27.8 Å². The van der Waals surface area contributed by atoms with Crippen molar-refractivity contribution in [1.29, 1.82) is 0 Å². The summed E-state index contributed by atoms with van der Waals surface area (Å²) >= 11 is 0. The molecule has 150 valence electrons. The van der Waals surface area contributed by atoms with Crippen LogP contribution < -0.4 is 5.32 Å². The highest BCUT2D eigenvalue weighted by atomic mass is 35.5. The molecule has 1 aromatic carbocycles. The van der Waals surface area contributed by atoms with E-state index in [1.807, 2.05) is 0 Å². The van der Waals surface area contributed by atoms with E-state index in [2.05, 4.69) is 5.32 Å². The largest absolute Gasteiger partial charge is 0.311 e. The molecule has 12 heteroatoms. The molecule has 0 spiro atoms. The summed E-state index contributed by atoms with van der Waals surface area (Å²) in [4.78, 5) is -2.92. The molecule has 1 aromatic rings. The molecule has 3 aliphatic heterocycles. The third-order valence-electron chi connectivity index (χ3n) is 5.52. The van der Waals surface area contributed by atoms with Gasteiger partial charge >= 0.3 is 10.2 Å². The molecule has 0 radical (unpaired) electrons. The summed E-state index contributed by atoms with van der Waals surface area (Å²) in [5.41, 5.74) is 0. The van der Waals surface area contributed by atoms with Crippen molar-refractivity contribution in [1.82, 2.24) is 9.62 Å². The molecule has 0 aliphatic carbocycles. The summed E-state index contributed by atoms with van der Waals surface area (Å²) in [6.45, 7) is 0.420. The fraction of sp³-hybridized carbons (Fsp3) is 0.571. The van der Waals surface area contributed by atoms with E-state index in [0.717, 1.165) is 23.2 Å². The lowest BCUT2D eigenvalue weighted by molar-refractivity contribution is 0.354. The summed E-state index contributed by atoms with van der Waals surface area (Å²) in [7, 11) is -14.2. The molecule has 0 amide bonds. The Morgan fingerprint density at radius 1 is 1.00 bits per heavy atom. The van der Waals surface area contributed by atoms with Crippen LogP contribution in [0.5, 0.6) is 0 Å². The second-order valence-electron chi connectivity index (χ2n) is 7.05. The van der Waals surface area contributed by atoms with Crippen molar-refractivity contribution in [3.63, 3.8) is 0 Å². The van der Waals surface area contributed by atoms with Crippen LogP contribution in [0.3, 0.4) is 0 Å². The summed E-state index contributed by atoms with van der Waals surface area (Å²) in [5, 5.41) is 3.42. The number of sulfonamides is 1. The first kappa shape index (κ1) is 20.1. The number of halogens is 6. The van der Waals surface area contributed by atoms with Gasteiger partial charge in [0.2, 0.25) is 10.0 Å². The zero-order valence-electron chi connectivity index (χ0n) is 13.3. The predicted molar refractivity (Wildman–Crippen MR) is 90.8 cm³/mol. The number of benzene rings is 1. The van der Waals surface area contributed by atoms with Crippen LogP contribution in [0.25, 0.3) is 0 Å². The van der Waals surface area contributed by atoms with Crippen LogP contribution in [-0.4, -0.2) is 37.9 Å². The topological polar surface area (TPSA) is 49.4 Å². The Morgan fingerprint density at radius 2 is 1.54 bits per heavy atom. The Bertz CT molecular complexity index is 831. The minimum absolute atomic E-state index is 0. The van der Waals surface area contributed by atoms with Gasteiger partial charge in [-0.3, -0.25) is 0 Å². The Morgan fingerprint density at radius 3 is 2.04 bits per heavy atom. The lowest BCUT2D eigenvalue weighted by Crippen LogP contribution is -2.35. The zero-order chi connectivity index (χ0) is 18.3. The minimum Gasteiger partial charge on any atom is -0.311 e. The van der Waals surface area contributed by atoms with Crippen molar-refractivity contribution >= 4 is 32.7 Å². The maximum absolute atomic E-state index is 13.0. The first-order valence-corrected chi connectivity index (χ1v) is 11.3. The number of nitrogens with zero attached hydrogens (tertiary/aromatic N) is 1.